The van der Waals surface area contributed by atoms with Gasteiger partial charge < -0.3 is 34.1 Å². The number of carbonyl (C=O) groups is 3. The number of methoxy groups -OCH3 is 2. The van der Waals surface area contributed by atoms with E-state index in [1.807, 2.05) is 44.2 Å². The molecule has 10 nitrogen and oxygen atoms in total. The molecular weight excluding hydrogens is 522 g/mol. The van der Waals surface area contributed by atoms with Gasteiger partial charge in [0.2, 0.25) is 5.91 Å². The van der Waals surface area contributed by atoms with Gasteiger partial charge in [0.05, 0.1) is 27.4 Å². The molecule has 0 atom stereocenters. The summed E-state index contributed by atoms with van der Waals surface area (Å²) in [7, 11) is 3.17. The Morgan fingerprint density at radius 1 is 0.949 bits per heavy atom. The molecule has 1 aromatic carbocycles. The summed E-state index contributed by atoms with van der Waals surface area (Å²) in [4.78, 5) is 43.6. The van der Waals surface area contributed by atoms with Crippen molar-refractivity contribution >= 4 is 29.2 Å². The van der Waals surface area contributed by atoms with Gasteiger partial charge in [-0.25, -0.2) is 4.79 Å². The van der Waals surface area contributed by atoms with E-state index in [0.29, 0.717) is 57.2 Å². The summed E-state index contributed by atoms with van der Waals surface area (Å²) in [6, 6.07) is 9.24. The highest BCUT2D eigenvalue weighted by Crippen LogP contribution is 2.28. The van der Waals surface area contributed by atoms with Gasteiger partial charge in [-0.1, -0.05) is 6.07 Å². The van der Waals surface area contributed by atoms with E-state index in [-0.39, 0.29) is 25.6 Å². The number of aryl methyl sites for hydroxylation is 1. The zero-order valence-corrected chi connectivity index (χ0v) is 24.4. The van der Waals surface area contributed by atoms with Crippen molar-refractivity contribution in [2.75, 3.05) is 60.2 Å². The fourth-order valence-electron chi connectivity index (χ4n) is 3.84. The monoisotopic (exact) mass is 563 g/mol. The molecule has 0 spiro atoms. The number of esters is 1. The first-order valence-corrected chi connectivity index (χ1v) is 13.9. The smallest absolute Gasteiger partial charge is 0.325 e. The topological polar surface area (TPSA) is 107 Å². The molecule has 0 aliphatic carbocycles. The summed E-state index contributed by atoms with van der Waals surface area (Å²) in [5.74, 6) is 0.542. The fraction of sp³-hybridized carbons (Fsp3) is 0.536. The van der Waals surface area contributed by atoms with Crippen LogP contribution >= 0.6 is 11.3 Å². The van der Waals surface area contributed by atoms with Gasteiger partial charge in [-0.3, -0.25) is 9.59 Å². The van der Waals surface area contributed by atoms with E-state index >= 15 is 0 Å². The van der Waals surface area contributed by atoms with Crippen LogP contribution in [0.1, 0.15) is 35.6 Å². The summed E-state index contributed by atoms with van der Waals surface area (Å²) < 4.78 is 21.0. The maximum atomic E-state index is 13.6. The lowest BCUT2D eigenvalue weighted by Gasteiger charge is -2.28. The van der Waals surface area contributed by atoms with Crippen molar-refractivity contribution in [3.05, 3.63) is 45.6 Å². The number of thiophene rings is 1. The number of hydrogen-bond acceptors (Lipinski definition) is 8. The second kappa shape index (κ2) is 17.3. The Bertz CT molecular complexity index is 1060. The quantitative estimate of drug-likeness (QED) is 0.231. The molecule has 2 aromatic rings. The van der Waals surface area contributed by atoms with Gasteiger partial charge in [0.15, 0.2) is 11.5 Å². The van der Waals surface area contributed by atoms with E-state index in [9.17, 15) is 14.4 Å². The van der Waals surface area contributed by atoms with Gasteiger partial charge >= 0.3 is 12.0 Å². The molecule has 0 aliphatic heterocycles. The van der Waals surface area contributed by atoms with E-state index < -0.39 is 12.0 Å². The molecule has 1 aromatic heterocycles. The van der Waals surface area contributed by atoms with Crippen LogP contribution < -0.4 is 14.8 Å². The molecule has 3 amide bonds. The number of benzene rings is 1. The van der Waals surface area contributed by atoms with Crippen molar-refractivity contribution in [1.82, 2.24) is 15.1 Å². The van der Waals surface area contributed by atoms with E-state index in [1.165, 1.54) is 4.90 Å². The van der Waals surface area contributed by atoms with Crippen molar-refractivity contribution in [3.8, 4) is 11.5 Å². The van der Waals surface area contributed by atoms with Crippen LogP contribution in [0.4, 0.5) is 4.79 Å². The summed E-state index contributed by atoms with van der Waals surface area (Å²) in [6.45, 7) is 7.67. The second-order valence-electron chi connectivity index (χ2n) is 8.70. The standard InChI is InChI=1S/C28H41N3O7S/c1-6-37-16-8-14-31(28(34)29-18-27(33)38-7-2)20-26(32)30(19-23-11-9-21(3)39-23)15-13-22-10-12-24(35-4)25(17-22)36-5/h9-12,17H,6-8,13-16,18-20H2,1-5H3,(H,29,34). The van der Waals surface area contributed by atoms with Gasteiger partial charge in [-0.05, 0) is 63.4 Å². The van der Waals surface area contributed by atoms with Crippen LogP contribution in [0.25, 0.3) is 0 Å². The average molecular weight is 564 g/mol. The molecule has 39 heavy (non-hydrogen) atoms. The Balaban J connectivity index is 2.16. The molecule has 2 rings (SSSR count). The third-order valence-corrected chi connectivity index (χ3v) is 6.82. The lowest BCUT2D eigenvalue weighted by molar-refractivity contribution is -0.141. The highest BCUT2D eigenvalue weighted by Gasteiger charge is 2.22. The van der Waals surface area contributed by atoms with Crippen molar-refractivity contribution in [1.29, 1.82) is 0 Å². The molecule has 0 saturated carbocycles. The molecule has 0 aliphatic rings. The molecule has 0 radical (unpaired) electrons. The van der Waals surface area contributed by atoms with Gasteiger partial charge in [0.25, 0.3) is 0 Å². The maximum absolute atomic E-state index is 13.6. The molecule has 11 heteroatoms. The zero-order valence-electron chi connectivity index (χ0n) is 23.6. The van der Waals surface area contributed by atoms with E-state index in [0.717, 1.165) is 15.3 Å². The van der Waals surface area contributed by atoms with E-state index in [2.05, 4.69) is 5.32 Å². The minimum absolute atomic E-state index is 0.128. The van der Waals surface area contributed by atoms with Crippen LogP contribution in [0.3, 0.4) is 0 Å². The van der Waals surface area contributed by atoms with Gasteiger partial charge in [-0.15, -0.1) is 11.3 Å². The SMILES string of the molecule is CCOCCCN(CC(=O)N(CCc1ccc(OC)c(OC)c1)Cc1ccc(C)s1)C(=O)NCC(=O)OCC. The molecule has 0 bridgehead atoms. The van der Waals surface area contributed by atoms with Gasteiger partial charge in [0, 0.05) is 36.1 Å². The molecule has 0 fully saturated rings. The van der Waals surface area contributed by atoms with Gasteiger partial charge in [-0.2, -0.15) is 0 Å². The first kappa shape index (κ1) is 31.9. The van der Waals surface area contributed by atoms with E-state index in [4.69, 9.17) is 18.9 Å². The number of ether oxygens (including phenoxy) is 4. The predicted octanol–water partition coefficient (Wildman–Crippen LogP) is 3.65. The lowest BCUT2D eigenvalue weighted by Crippen LogP contribution is -2.48. The van der Waals surface area contributed by atoms with E-state index in [1.54, 1.807) is 37.4 Å². The summed E-state index contributed by atoms with van der Waals surface area (Å²) in [6.07, 6.45) is 1.15. The Morgan fingerprint density at radius 3 is 2.36 bits per heavy atom. The highest BCUT2D eigenvalue weighted by molar-refractivity contribution is 7.11. The van der Waals surface area contributed by atoms with Crippen molar-refractivity contribution in [3.63, 3.8) is 0 Å². The highest BCUT2D eigenvalue weighted by atomic mass is 32.1. The minimum Gasteiger partial charge on any atom is -0.493 e. The average Bonchev–Trinajstić information content (AvgIpc) is 3.35. The van der Waals surface area contributed by atoms with Crippen LogP contribution in [0.5, 0.6) is 11.5 Å². The Kier molecular flexibility index (Phi) is 14.2. The van der Waals surface area contributed by atoms with Crippen LogP contribution in [0.2, 0.25) is 0 Å². The first-order chi connectivity index (χ1) is 18.8. The molecule has 0 saturated heterocycles. The lowest BCUT2D eigenvalue weighted by atomic mass is 10.1. The number of rotatable bonds is 17. The van der Waals surface area contributed by atoms with Gasteiger partial charge in [0.1, 0.15) is 13.1 Å². The third-order valence-electron chi connectivity index (χ3n) is 5.84. The normalized spacial score (nSPS) is 10.6. The predicted molar refractivity (Wildman–Crippen MR) is 150 cm³/mol. The maximum Gasteiger partial charge on any atom is 0.325 e. The largest absolute Gasteiger partial charge is 0.493 e. The minimum atomic E-state index is -0.531. The number of urea groups is 1. The number of nitrogens with one attached hydrogen (secondary N) is 1. The molecular formula is C28H41N3O7S. The molecule has 1 N–H and O–H groups in total. The number of amides is 3. The van der Waals surface area contributed by atoms with Crippen LogP contribution in [-0.2, 0) is 32.0 Å². The summed E-state index contributed by atoms with van der Waals surface area (Å²) >= 11 is 1.64. The third kappa shape index (κ3) is 11.1. The number of nitrogens with zero attached hydrogens (tertiary/aromatic N) is 2. The van der Waals surface area contributed by atoms with Crippen molar-refractivity contribution < 1.29 is 33.3 Å². The fourth-order valence-corrected chi connectivity index (χ4v) is 4.75. The zero-order chi connectivity index (χ0) is 28.6. The summed E-state index contributed by atoms with van der Waals surface area (Å²) in [5, 5.41) is 2.56. The van der Waals surface area contributed by atoms with Crippen LogP contribution in [-0.4, -0.2) is 87.9 Å². The Labute approximate surface area is 235 Å². The molecule has 0 unspecified atom stereocenters. The molecule has 1 heterocycles. The number of hydrogen-bond donors (Lipinski definition) is 1. The molecule has 216 valence electrons. The Hall–Kier alpha value is -3.31. The van der Waals surface area contributed by atoms with Crippen LogP contribution in [0, 0.1) is 6.92 Å². The number of carbonyl (C=O) groups excluding carboxylic acids is 3. The summed E-state index contributed by atoms with van der Waals surface area (Å²) in [5.41, 5.74) is 0.994. The first-order valence-electron chi connectivity index (χ1n) is 13.1. The second-order valence-corrected chi connectivity index (χ2v) is 10.1. The van der Waals surface area contributed by atoms with Crippen LogP contribution in [0.15, 0.2) is 30.3 Å². The Morgan fingerprint density at radius 2 is 1.72 bits per heavy atom. The van der Waals surface area contributed by atoms with Crippen molar-refractivity contribution in [2.45, 2.75) is 40.2 Å². The van der Waals surface area contributed by atoms with Crippen molar-refractivity contribution in [2.24, 2.45) is 0 Å².